The van der Waals surface area contributed by atoms with Gasteiger partial charge in [-0.1, -0.05) is 13.0 Å². The fraction of sp³-hybridized carbons (Fsp3) is 0.611. The fourth-order valence-corrected chi connectivity index (χ4v) is 3.93. The lowest BCUT2D eigenvalue weighted by Crippen LogP contribution is -3.16. The summed E-state index contributed by atoms with van der Waals surface area (Å²) < 4.78 is 0. The number of quaternary nitrogens is 1. The zero-order chi connectivity index (χ0) is 16.8. The fourth-order valence-electron chi connectivity index (χ4n) is 3.17. The van der Waals surface area contributed by atoms with E-state index in [-0.39, 0.29) is 0 Å². The van der Waals surface area contributed by atoms with Crippen LogP contribution >= 0.6 is 24.0 Å². The predicted molar refractivity (Wildman–Crippen MR) is 106 cm³/mol. The average Bonchev–Trinajstić information content (AvgIpc) is 2.60. The number of nitrogens with zero attached hydrogens (tertiary/aromatic N) is 1. The average molecular weight is 353 g/mol. The molecule has 0 saturated carbocycles. The van der Waals surface area contributed by atoms with Gasteiger partial charge in [-0.15, -0.1) is 11.8 Å². The SMILES string of the molecule is CCC(C)[NH+](C)C1CCN(C(=S)Nc2cccc(SC)c2)CC1. The van der Waals surface area contributed by atoms with E-state index in [0.29, 0.717) is 0 Å². The Hall–Kier alpha value is -0.780. The second-order valence-electron chi connectivity index (χ2n) is 6.48. The van der Waals surface area contributed by atoms with Gasteiger partial charge in [-0.2, -0.15) is 0 Å². The minimum atomic E-state index is 0.742. The van der Waals surface area contributed by atoms with Crippen LogP contribution in [0.25, 0.3) is 0 Å². The Kier molecular flexibility index (Phi) is 7.18. The van der Waals surface area contributed by atoms with E-state index in [1.807, 2.05) is 0 Å². The number of anilines is 1. The van der Waals surface area contributed by atoms with E-state index in [4.69, 9.17) is 12.2 Å². The Balaban J connectivity index is 1.86. The number of thiocarbonyl (C=S) groups is 1. The number of rotatable bonds is 5. The molecule has 1 saturated heterocycles. The molecule has 1 fully saturated rings. The highest BCUT2D eigenvalue weighted by Gasteiger charge is 2.28. The molecule has 5 heteroatoms. The van der Waals surface area contributed by atoms with Crippen LogP contribution in [-0.4, -0.2) is 48.5 Å². The van der Waals surface area contributed by atoms with Crippen LogP contribution in [0.2, 0.25) is 0 Å². The van der Waals surface area contributed by atoms with Crippen molar-refractivity contribution in [2.45, 2.75) is 50.1 Å². The Morgan fingerprint density at radius 1 is 1.43 bits per heavy atom. The molecule has 0 aromatic heterocycles. The summed E-state index contributed by atoms with van der Waals surface area (Å²) in [4.78, 5) is 5.26. The van der Waals surface area contributed by atoms with Gasteiger partial charge in [-0.05, 0) is 50.0 Å². The third-order valence-corrected chi connectivity index (χ3v) is 6.22. The zero-order valence-corrected chi connectivity index (χ0v) is 16.4. The van der Waals surface area contributed by atoms with Gasteiger partial charge in [0.15, 0.2) is 5.11 Å². The van der Waals surface area contributed by atoms with E-state index >= 15 is 0 Å². The van der Waals surface area contributed by atoms with Crippen LogP contribution < -0.4 is 10.2 Å². The number of piperidine rings is 1. The summed E-state index contributed by atoms with van der Waals surface area (Å²) in [5, 5.41) is 4.27. The molecule has 2 atom stereocenters. The molecule has 23 heavy (non-hydrogen) atoms. The maximum atomic E-state index is 5.62. The number of hydrogen-bond acceptors (Lipinski definition) is 2. The number of nitrogens with one attached hydrogen (secondary N) is 2. The highest BCUT2D eigenvalue weighted by Crippen LogP contribution is 2.20. The maximum absolute atomic E-state index is 5.62. The van der Waals surface area contributed by atoms with E-state index in [9.17, 15) is 0 Å². The molecule has 1 heterocycles. The maximum Gasteiger partial charge on any atom is 0.173 e. The van der Waals surface area contributed by atoms with Gasteiger partial charge in [0.05, 0.1) is 19.1 Å². The van der Waals surface area contributed by atoms with Crippen molar-refractivity contribution in [3.05, 3.63) is 24.3 Å². The van der Waals surface area contributed by atoms with Crippen molar-refractivity contribution in [1.29, 1.82) is 0 Å². The first-order chi connectivity index (χ1) is 11.0. The number of likely N-dealkylation sites (tertiary alicyclic amines) is 1. The van der Waals surface area contributed by atoms with E-state index in [1.54, 1.807) is 16.7 Å². The lowest BCUT2D eigenvalue weighted by atomic mass is 10.0. The topological polar surface area (TPSA) is 19.7 Å². The van der Waals surface area contributed by atoms with Crippen molar-refractivity contribution < 1.29 is 4.90 Å². The quantitative estimate of drug-likeness (QED) is 0.627. The van der Waals surface area contributed by atoms with Crippen molar-refractivity contribution in [1.82, 2.24) is 4.90 Å². The molecule has 2 unspecified atom stereocenters. The summed E-state index contributed by atoms with van der Waals surface area (Å²) in [6.45, 7) is 6.76. The minimum Gasteiger partial charge on any atom is -0.349 e. The third-order valence-electron chi connectivity index (χ3n) is 5.14. The molecule has 128 valence electrons. The molecule has 0 bridgehead atoms. The van der Waals surface area contributed by atoms with Gasteiger partial charge in [0, 0.05) is 36.5 Å². The van der Waals surface area contributed by atoms with Crippen LogP contribution in [0.3, 0.4) is 0 Å². The van der Waals surface area contributed by atoms with Gasteiger partial charge in [-0.3, -0.25) is 0 Å². The first-order valence-corrected chi connectivity index (χ1v) is 10.2. The largest absolute Gasteiger partial charge is 0.349 e. The van der Waals surface area contributed by atoms with Crippen molar-refractivity contribution in [3.8, 4) is 0 Å². The standard InChI is InChI=1S/C18H29N3S2/c1-5-14(2)20(3)16-9-11-21(12-10-16)18(22)19-15-7-6-8-17(13-15)23-4/h6-8,13-14,16H,5,9-12H2,1-4H3,(H,19,22)/p+1. The van der Waals surface area contributed by atoms with Crippen molar-refractivity contribution in [3.63, 3.8) is 0 Å². The summed E-state index contributed by atoms with van der Waals surface area (Å²) in [5.74, 6) is 0. The molecule has 1 aliphatic heterocycles. The lowest BCUT2D eigenvalue weighted by Gasteiger charge is -2.37. The molecule has 1 aromatic rings. The summed E-state index contributed by atoms with van der Waals surface area (Å²) in [6.07, 6.45) is 5.79. The highest BCUT2D eigenvalue weighted by atomic mass is 32.2. The van der Waals surface area contributed by atoms with Crippen LogP contribution in [0.4, 0.5) is 5.69 Å². The van der Waals surface area contributed by atoms with Gasteiger partial charge < -0.3 is 15.1 Å². The Morgan fingerprint density at radius 3 is 2.74 bits per heavy atom. The Labute approximate surface area is 150 Å². The number of hydrogen-bond donors (Lipinski definition) is 2. The summed E-state index contributed by atoms with van der Waals surface area (Å²) >= 11 is 7.37. The molecule has 0 spiro atoms. The first-order valence-electron chi connectivity index (χ1n) is 8.58. The highest BCUT2D eigenvalue weighted by molar-refractivity contribution is 7.98. The minimum absolute atomic E-state index is 0.742. The molecule has 2 rings (SSSR count). The smallest absolute Gasteiger partial charge is 0.173 e. The Morgan fingerprint density at radius 2 is 2.13 bits per heavy atom. The second-order valence-corrected chi connectivity index (χ2v) is 7.74. The molecular weight excluding hydrogens is 322 g/mol. The van der Waals surface area contributed by atoms with Crippen LogP contribution in [0, 0.1) is 0 Å². The monoisotopic (exact) mass is 352 g/mol. The molecule has 3 nitrogen and oxygen atoms in total. The van der Waals surface area contributed by atoms with Crippen LogP contribution in [0.1, 0.15) is 33.1 Å². The molecular formula is C18H30N3S2+. The van der Waals surface area contributed by atoms with E-state index in [1.165, 1.54) is 24.2 Å². The molecule has 1 aliphatic rings. The zero-order valence-electron chi connectivity index (χ0n) is 14.8. The van der Waals surface area contributed by atoms with Crippen LogP contribution in [0.5, 0.6) is 0 Å². The molecule has 0 radical (unpaired) electrons. The lowest BCUT2D eigenvalue weighted by molar-refractivity contribution is -0.930. The van der Waals surface area contributed by atoms with Crippen LogP contribution in [0.15, 0.2) is 29.2 Å². The molecule has 1 aromatic carbocycles. The summed E-state index contributed by atoms with van der Waals surface area (Å²) in [7, 11) is 2.35. The van der Waals surface area contributed by atoms with E-state index < -0.39 is 0 Å². The van der Waals surface area contributed by atoms with Gasteiger partial charge in [0.1, 0.15) is 0 Å². The number of benzene rings is 1. The van der Waals surface area contributed by atoms with Gasteiger partial charge in [0.2, 0.25) is 0 Å². The second kappa shape index (κ2) is 8.90. The summed E-state index contributed by atoms with van der Waals surface area (Å²) in [5.41, 5.74) is 1.09. The first kappa shape index (κ1) is 18.6. The van der Waals surface area contributed by atoms with Crippen molar-refractivity contribution >= 4 is 34.8 Å². The Bertz CT molecular complexity index is 513. The van der Waals surface area contributed by atoms with Gasteiger partial charge in [-0.25, -0.2) is 0 Å². The third kappa shape index (κ3) is 5.10. The summed E-state index contributed by atoms with van der Waals surface area (Å²) in [6, 6.07) is 9.95. The van der Waals surface area contributed by atoms with Crippen molar-refractivity contribution in [2.75, 3.05) is 31.7 Å². The van der Waals surface area contributed by atoms with E-state index in [2.05, 4.69) is 61.6 Å². The molecule has 0 amide bonds. The van der Waals surface area contributed by atoms with Crippen LogP contribution in [-0.2, 0) is 0 Å². The molecule has 2 N–H and O–H groups in total. The predicted octanol–water partition coefficient (Wildman–Crippen LogP) is 2.88. The number of thioether (sulfide) groups is 1. The van der Waals surface area contributed by atoms with Crippen molar-refractivity contribution in [2.24, 2.45) is 0 Å². The van der Waals surface area contributed by atoms with Gasteiger partial charge >= 0.3 is 0 Å². The van der Waals surface area contributed by atoms with E-state index in [0.717, 1.165) is 36.0 Å². The molecule has 0 aliphatic carbocycles. The van der Waals surface area contributed by atoms with Gasteiger partial charge in [0.25, 0.3) is 0 Å². The normalized spacial score (nSPS) is 18.5.